The van der Waals surface area contributed by atoms with Crippen molar-refractivity contribution in [1.29, 1.82) is 0 Å². The third-order valence-electron chi connectivity index (χ3n) is 2.51. The smallest absolute Gasteiger partial charge is 0.322 e. The number of anilines is 1. The SMILES string of the molecule is CC(C)C(Br)C(=O)Nc1nnc(-c2ccccc2)o1. The van der Waals surface area contributed by atoms with Crippen molar-refractivity contribution in [3.05, 3.63) is 30.3 Å². The van der Waals surface area contributed by atoms with E-state index in [0.717, 1.165) is 5.56 Å². The van der Waals surface area contributed by atoms with Crippen LogP contribution in [0.1, 0.15) is 13.8 Å². The fourth-order valence-corrected chi connectivity index (χ4v) is 1.56. The molecule has 100 valence electrons. The van der Waals surface area contributed by atoms with Gasteiger partial charge in [-0.1, -0.05) is 53.1 Å². The van der Waals surface area contributed by atoms with Gasteiger partial charge in [0.25, 0.3) is 0 Å². The lowest BCUT2D eigenvalue weighted by Crippen LogP contribution is -2.27. The first-order chi connectivity index (χ1) is 9.08. The summed E-state index contributed by atoms with van der Waals surface area (Å²) < 4.78 is 5.40. The molecule has 19 heavy (non-hydrogen) atoms. The molecule has 0 saturated heterocycles. The van der Waals surface area contributed by atoms with E-state index in [-0.39, 0.29) is 22.7 Å². The molecule has 2 aromatic rings. The van der Waals surface area contributed by atoms with Gasteiger partial charge in [-0.2, -0.15) is 0 Å². The van der Waals surface area contributed by atoms with Crippen molar-refractivity contribution in [2.75, 3.05) is 5.32 Å². The number of carbonyl (C=O) groups excluding carboxylic acids is 1. The zero-order valence-electron chi connectivity index (χ0n) is 10.6. The molecule has 0 aliphatic carbocycles. The van der Waals surface area contributed by atoms with Crippen molar-refractivity contribution in [3.63, 3.8) is 0 Å². The summed E-state index contributed by atoms with van der Waals surface area (Å²) >= 11 is 3.31. The van der Waals surface area contributed by atoms with E-state index in [1.54, 1.807) is 0 Å². The monoisotopic (exact) mass is 323 g/mol. The first kappa shape index (κ1) is 13.7. The lowest BCUT2D eigenvalue weighted by Gasteiger charge is -2.11. The molecule has 0 saturated carbocycles. The van der Waals surface area contributed by atoms with Gasteiger partial charge in [-0.3, -0.25) is 10.1 Å². The largest absolute Gasteiger partial charge is 0.403 e. The van der Waals surface area contributed by atoms with Crippen molar-refractivity contribution >= 4 is 27.9 Å². The van der Waals surface area contributed by atoms with Gasteiger partial charge in [-0.15, -0.1) is 5.10 Å². The Labute approximate surface area is 119 Å². The van der Waals surface area contributed by atoms with Crippen LogP contribution >= 0.6 is 15.9 Å². The van der Waals surface area contributed by atoms with Crippen molar-refractivity contribution in [2.45, 2.75) is 18.7 Å². The predicted molar refractivity (Wildman–Crippen MR) is 75.9 cm³/mol. The molecule has 2 rings (SSSR count). The molecule has 1 atom stereocenters. The van der Waals surface area contributed by atoms with E-state index in [4.69, 9.17) is 4.42 Å². The van der Waals surface area contributed by atoms with Crippen LogP contribution in [-0.4, -0.2) is 20.9 Å². The van der Waals surface area contributed by atoms with Crippen LogP contribution in [0.3, 0.4) is 0 Å². The van der Waals surface area contributed by atoms with Gasteiger partial charge in [-0.25, -0.2) is 0 Å². The number of rotatable bonds is 4. The molecule has 1 amide bonds. The molecule has 1 unspecified atom stereocenters. The fraction of sp³-hybridized carbons (Fsp3) is 0.308. The normalized spacial score (nSPS) is 12.4. The van der Waals surface area contributed by atoms with E-state index in [0.29, 0.717) is 5.89 Å². The van der Waals surface area contributed by atoms with Gasteiger partial charge >= 0.3 is 6.01 Å². The van der Waals surface area contributed by atoms with E-state index in [1.807, 2.05) is 44.2 Å². The van der Waals surface area contributed by atoms with Crippen molar-refractivity contribution in [2.24, 2.45) is 5.92 Å². The molecule has 0 radical (unpaired) electrons. The van der Waals surface area contributed by atoms with E-state index in [1.165, 1.54) is 0 Å². The van der Waals surface area contributed by atoms with Crippen LogP contribution in [0, 0.1) is 5.92 Å². The van der Waals surface area contributed by atoms with Crippen LogP contribution < -0.4 is 5.32 Å². The summed E-state index contributed by atoms with van der Waals surface area (Å²) in [6.45, 7) is 3.89. The number of benzene rings is 1. The molecule has 0 aliphatic heterocycles. The average molecular weight is 324 g/mol. The Morgan fingerprint density at radius 1 is 1.26 bits per heavy atom. The van der Waals surface area contributed by atoms with Gasteiger partial charge in [-0.05, 0) is 18.1 Å². The van der Waals surface area contributed by atoms with Gasteiger partial charge in [0.15, 0.2) is 0 Å². The highest BCUT2D eigenvalue weighted by molar-refractivity contribution is 9.10. The standard InChI is InChI=1S/C13H14BrN3O2/c1-8(2)10(14)11(18)15-13-17-16-12(19-13)9-6-4-3-5-7-9/h3-8,10H,1-2H3,(H,15,17,18). The van der Waals surface area contributed by atoms with Crippen molar-refractivity contribution in [1.82, 2.24) is 10.2 Å². The van der Waals surface area contributed by atoms with Crippen LogP contribution in [0.25, 0.3) is 11.5 Å². The fourth-order valence-electron chi connectivity index (χ4n) is 1.45. The molecular formula is C13H14BrN3O2. The maximum absolute atomic E-state index is 11.8. The number of hydrogen-bond acceptors (Lipinski definition) is 4. The van der Waals surface area contributed by atoms with Crippen LogP contribution in [0.4, 0.5) is 6.01 Å². The summed E-state index contributed by atoms with van der Waals surface area (Å²) in [7, 11) is 0. The maximum atomic E-state index is 11.8. The summed E-state index contributed by atoms with van der Waals surface area (Å²) in [6.07, 6.45) is 0. The Morgan fingerprint density at radius 3 is 2.58 bits per heavy atom. The Bertz CT molecular complexity index is 554. The summed E-state index contributed by atoms with van der Waals surface area (Å²) in [5.74, 6) is 0.362. The first-order valence-electron chi connectivity index (χ1n) is 5.92. The third-order valence-corrected chi connectivity index (χ3v) is 3.98. The highest BCUT2D eigenvalue weighted by Crippen LogP contribution is 2.20. The zero-order chi connectivity index (χ0) is 13.8. The zero-order valence-corrected chi connectivity index (χ0v) is 12.2. The lowest BCUT2D eigenvalue weighted by molar-refractivity contribution is -0.116. The summed E-state index contributed by atoms with van der Waals surface area (Å²) in [5.41, 5.74) is 0.815. The third kappa shape index (κ3) is 3.41. The number of amides is 1. The molecule has 0 bridgehead atoms. The van der Waals surface area contributed by atoms with Crippen LogP contribution in [0.2, 0.25) is 0 Å². The van der Waals surface area contributed by atoms with Crippen LogP contribution in [0.15, 0.2) is 34.7 Å². The van der Waals surface area contributed by atoms with E-state index >= 15 is 0 Å². The minimum Gasteiger partial charge on any atom is -0.403 e. The Balaban J connectivity index is 2.08. The molecule has 0 spiro atoms. The minimum atomic E-state index is -0.292. The number of alkyl halides is 1. The van der Waals surface area contributed by atoms with Gasteiger partial charge in [0.05, 0.1) is 4.83 Å². The second kappa shape index (κ2) is 5.97. The molecule has 1 N–H and O–H groups in total. The van der Waals surface area contributed by atoms with Crippen LogP contribution in [-0.2, 0) is 4.79 Å². The molecular weight excluding hydrogens is 310 g/mol. The molecule has 1 heterocycles. The van der Waals surface area contributed by atoms with Gasteiger partial charge in [0.1, 0.15) is 0 Å². The number of nitrogens with zero attached hydrogens (tertiary/aromatic N) is 2. The Morgan fingerprint density at radius 2 is 1.95 bits per heavy atom. The van der Waals surface area contributed by atoms with Crippen molar-refractivity contribution in [3.8, 4) is 11.5 Å². The van der Waals surface area contributed by atoms with Gasteiger partial charge in [0, 0.05) is 5.56 Å². The van der Waals surface area contributed by atoms with Crippen LogP contribution in [0.5, 0.6) is 0 Å². The van der Waals surface area contributed by atoms with Crippen molar-refractivity contribution < 1.29 is 9.21 Å². The minimum absolute atomic E-state index is 0.106. The van der Waals surface area contributed by atoms with E-state index < -0.39 is 0 Å². The predicted octanol–water partition coefficient (Wildman–Crippen LogP) is 3.09. The number of nitrogens with one attached hydrogen (secondary N) is 1. The van der Waals surface area contributed by atoms with E-state index in [9.17, 15) is 4.79 Å². The summed E-state index contributed by atoms with van der Waals surface area (Å²) in [6, 6.07) is 9.49. The second-order valence-electron chi connectivity index (χ2n) is 4.41. The number of halogens is 1. The molecule has 0 fully saturated rings. The average Bonchev–Trinajstić information content (AvgIpc) is 2.87. The molecule has 1 aromatic carbocycles. The summed E-state index contributed by atoms with van der Waals surface area (Å²) in [4.78, 5) is 11.5. The summed E-state index contributed by atoms with van der Waals surface area (Å²) in [5, 5.41) is 10.3. The highest BCUT2D eigenvalue weighted by atomic mass is 79.9. The Hall–Kier alpha value is -1.69. The quantitative estimate of drug-likeness (QED) is 0.878. The van der Waals surface area contributed by atoms with E-state index in [2.05, 4.69) is 31.4 Å². The lowest BCUT2D eigenvalue weighted by atomic mass is 10.1. The van der Waals surface area contributed by atoms with Gasteiger partial charge in [0.2, 0.25) is 11.8 Å². The molecule has 5 nitrogen and oxygen atoms in total. The Kier molecular flexibility index (Phi) is 4.31. The maximum Gasteiger partial charge on any atom is 0.322 e. The number of hydrogen-bond donors (Lipinski definition) is 1. The topological polar surface area (TPSA) is 68.0 Å². The van der Waals surface area contributed by atoms with Gasteiger partial charge < -0.3 is 4.42 Å². The number of carbonyl (C=O) groups is 1. The first-order valence-corrected chi connectivity index (χ1v) is 6.83. The second-order valence-corrected chi connectivity index (χ2v) is 5.40. The molecule has 0 aliphatic rings. The number of aromatic nitrogens is 2. The molecule has 6 heteroatoms. The highest BCUT2D eigenvalue weighted by Gasteiger charge is 2.20. The molecule has 1 aromatic heterocycles.